The minimum atomic E-state index is -4.46. The van der Waals surface area contributed by atoms with Gasteiger partial charge in [-0.25, -0.2) is 0 Å². The summed E-state index contributed by atoms with van der Waals surface area (Å²) in [4.78, 5) is 2.03. The van der Waals surface area contributed by atoms with Crippen LogP contribution in [0.15, 0.2) is 54.8 Å². The van der Waals surface area contributed by atoms with Gasteiger partial charge in [0.15, 0.2) is 0 Å². The molecule has 2 aliphatic rings. The van der Waals surface area contributed by atoms with Crippen molar-refractivity contribution in [2.45, 2.75) is 122 Å². The lowest BCUT2D eigenvalue weighted by Crippen LogP contribution is -2.33. The van der Waals surface area contributed by atoms with Crippen molar-refractivity contribution >= 4 is 5.69 Å². The van der Waals surface area contributed by atoms with Gasteiger partial charge in [0.1, 0.15) is 11.4 Å². The van der Waals surface area contributed by atoms with E-state index in [1.165, 1.54) is 49.8 Å². The number of benzene rings is 2. The van der Waals surface area contributed by atoms with E-state index in [1.807, 2.05) is 4.90 Å². The van der Waals surface area contributed by atoms with Crippen molar-refractivity contribution in [2.24, 2.45) is 5.41 Å². The highest BCUT2D eigenvalue weighted by Crippen LogP contribution is 2.45. The van der Waals surface area contributed by atoms with Crippen molar-refractivity contribution < 1.29 is 22.6 Å². The second-order valence-electron chi connectivity index (χ2n) is 13.9. The molecule has 44 heavy (non-hydrogen) atoms. The number of anilines is 1. The van der Waals surface area contributed by atoms with E-state index in [2.05, 4.69) is 64.5 Å². The summed E-state index contributed by atoms with van der Waals surface area (Å²) in [6.07, 6.45) is 13.1. The van der Waals surface area contributed by atoms with Crippen LogP contribution in [0.2, 0.25) is 0 Å². The number of terminal acetylenes is 1. The molecule has 0 amide bonds. The van der Waals surface area contributed by atoms with Gasteiger partial charge in [0.2, 0.25) is 0 Å². The lowest BCUT2D eigenvalue weighted by molar-refractivity contribution is -0.137. The van der Waals surface area contributed by atoms with Gasteiger partial charge < -0.3 is 14.4 Å². The fourth-order valence-corrected chi connectivity index (χ4v) is 7.19. The van der Waals surface area contributed by atoms with E-state index in [-0.39, 0.29) is 17.3 Å². The van der Waals surface area contributed by atoms with Gasteiger partial charge in [-0.2, -0.15) is 13.2 Å². The third kappa shape index (κ3) is 9.22. The van der Waals surface area contributed by atoms with Crippen molar-refractivity contribution in [1.82, 2.24) is 0 Å². The fraction of sp³-hybridized carbons (Fsp3) is 0.579. The number of hydrogen-bond donors (Lipinski definition) is 0. The Morgan fingerprint density at radius 1 is 1.00 bits per heavy atom. The van der Waals surface area contributed by atoms with Gasteiger partial charge in [-0.15, -0.1) is 6.42 Å². The highest BCUT2D eigenvalue weighted by Gasteiger charge is 2.36. The monoisotopic (exact) mass is 609 g/mol. The maximum absolute atomic E-state index is 13.5. The van der Waals surface area contributed by atoms with Gasteiger partial charge in [-0.05, 0) is 126 Å². The van der Waals surface area contributed by atoms with Crippen LogP contribution >= 0.6 is 0 Å². The zero-order valence-corrected chi connectivity index (χ0v) is 27.1. The molecule has 0 aromatic heterocycles. The van der Waals surface area contributed by atoms with E-state index in [9.17, 15) is 13.2 Å². The summed E-state index contributed by atoms with van der Waals surface area (Å²) in [6.45, 7) is 14.0. The van der Waals surface area contributed by atoms with Crippen LogP contribution in [-0.4, -0.2) is 24.8 Å². The first kappa shape index (κ1) is 33.8. The van der Waals surface area contributed by atoms with Crippen molar-refractivity contribution in [3.05, 3.63) is 71.5 Å². The Labute approximate surface area is 263 Å². The number of allylic oxidation sites excluding steroid dienone is 1. The molecule has 0 radical (unpaired) electrons. The molecule has 3 nitrogen and oxygen atoms in total. The van der Waals surface area contributed by atoms with Crippen LogP contribution < -0.4 is 9.64 Å². The summed E-state index contributed by atoms with van der Waals surface area (Å²) in [5.41, 5.74) is 1.20. The number of nitrogens with zero attached hydrogens (tertiary/aromatic N) is 1. The number of piperidine rings is 1. The number of halogens is 3. The molecule has 2 aromatic rings. The first-order valence-electron chi connectivity index (χ1n) is 16.4. The zero-order valence-electron chi connectivity index (χ0n) is 27.1. The number of rotatable bonds is 11. The molecule has 240 valence electrons. The quantitative estimate of drug-likeness (QED) is 0.187. The minimum Gasteiger partial charge on any atom is -0.493 e. The lowest BCUT2D eigenvalue weighted by atomic mass is 9.67. The van der Waals surface area contributed by atoms with E-state index < -0.39 is 11.7 Å². The number of ether oxygens (including phenoxy) is 2. The van der Waals surface area contributed by atoms with Crippen LogP contribution in [0, 0.1) is 17.8 Å². The van der Waals surface area contributed by atoms with E-state index in [4.69, 9.17) is 15.9 Å². The molecule has 1 heterocycles. The molecule has 0 bridgehead atoms. The average Bonchev–Trinajstić information content (AvgIpc) is 2.97. The van der Waals surface area contributed by atoms with Crippen LogP contribution in [0.1, 0.15) is 121 Å². The molecular weight excluding hydrogens is 559 g/mol. The summed E-state index contributed by atoms with van der Waals surface area (Å²) in [6, 6.07) is 12.8. The normalized spacial score (nSPS) is 21.5. The van der Waals surface area contributed by atoms with Gasteiger partial charge in [-0.1, -0.05) is 38.0 Å². The Morgan fingerprint density at radius 2 is 1.66 bits per heavy atom. The third-order valence-electron chi connectivity index (χ3n) is 9.37. The average molecular weight is 610 g/mol. The molecule has 0 spiro atoms. The van der Waals surface area contributed by atoms with Crippen molar-refractivity contribution in [2.75, 3.05) is 18.0 Å². The summed E-state index contributed by atoms with van der Waals surface area (Å²) in [5, 5.41) is 0. The van der Waals surface area contributed by atoms with Gasteiger partial charge in [-0.3, -0.25) is 0 Å². The van der Waals surface area contributed by atoms with Crippen LogP contribution in [0.4, 0.5) is 18.9 Å². The van der Waals surface area contributed by atoms with Gasteiger partial charge >= 0.3 is 6.18 Å². The van der Waals surface area contributed by atoms with Crippen molar-refractivity contribution in [1.29, 1.82) is 0 Å². The smallest absolute Gasteiger partial charge is 0.417 e. The second kappa shape index (κ2) is 14.4. The molecular formula is C38H50F3NO2. The molecule has 2 aromatic carbocycles. The van der Waals surface area contributed by atoms with Gasteiger partial charge in [0.05, 0.1) is 17.4 Å². The Kier molecular flexibility index (Phi) is 11.0. The SMILES string of the molecule is C#Cc1ccc(N2CCC(c3ccc(OC4CCC(CCC)(CCCC(=C)OC(C)(C)C)CC4)cc3)CC2)cc1C(F)(F)F. The molecule has 1 aliphatic heterocycles. The largest absolute Gasteiger partial charge is 0.493 e. The highest BCUT2D eigenvalue weighted by atomic mass is 19.4. The molecule has 0 atom stereocenters. The molecule has 4 rings (SSSR count). The zero-order chi connectivity index (χ0) is 32.0. The Hall–Kier alpha value is -3.07. The predicted molar refractivity (Wildman–Crippen MR) is 174 cm³/mol. The maximum atomic E-state index is 13.5. The highest BCUT2D eigenvalue weighted by molar-refractivity contribution is 5.56. The predicted octanol–water partition coefficient (Wildman–Crippen LogP) is 10.7. The molecule has 0 N–H and O–H groups in total. The second-order valence-corrected chi connectivity index (χ2v) is 13.9. The Morgan fingerprint density at radius 3 is 2.23 bits per heavy atom. The van der Waals surface area contributed by atoms with Gasteiger partial charge in [0.25, 0.3) is 0 Å². The number of alkyl halides is 3. The van der Waals surface area contributed by atoms with E-state index in [0.29, 0.717) is 30.1 Å². The molecule has 1 aliphatic carbocycles. The van der Waals surface area contributed by atoms with E-state index >= 15 is 0 Å². The van der Waals surface area contributed by atoms with Crippen LogP contribution in [-0.2, 0) is 10.9 Å². The summed E-state index contributed by atoms with van der Waals surface area (Å²) in [5.74, 6) is 4.35. The first-order chi connectivity index (χ1) is 20.8. The number of hydrogen-bond acceptors (Lipinski definition) is 3. The molecule has 1 saturated carbocycles. The molecule has 0 unspecified atom stereocenters. The Bertz CT molecular complexity index is 1270. The van der Waals surface area contributed by atoms with Gasteiger partial charge in [0, 0.05) is 30.8 Å². The summed E-state index contributed by atoms with van der Waals surface area (Å²) >= 11 is 0. The molecule has 6 heteroatoms. The van der Waals surface area contributed by atoms with Crippen LogP contribution in [0.5, 0.6) is 5.75 Å². The van der Waals surface area contributed by atoms with Crippen molar-refractivity contribution in [3.63, 3.8) is 0 Å². The topological polar surface area (TPSA) is 21.7 Å². The maximum Gasteiger partial charge on any atom is 0.417 e. The van der Waals surface area contributed by atoms with Crippen LogP contribution in [0.3, 0.4) is 0 Å². The van der Waals surface area contributed by atoms with Crippen LogP contribution in [0.25, 0.3) is 0 Å². The van der Waals surface area contributed by atoms with E-state index in [0.717, 1.165) is 50.0 Å². The molecule has 2 fully saturated rings. The standard InChI is InChI=1S/C38H50F3NO2/c1-7-21-37(22-9-10-28(3)44-36(4,5)6)23-17-34(18-24-37)43-33-15-12-30(13-16-33)31-19-25-42(26-20-31)32-14-11-29(8-2)35(27-32)38(39,40)41/h2,11-16,27,31,34H,3,7,9-10,17-26H2,1,4-6H3. The molecule has 1 saturated heterocycles. The first-order valence-corrected chi connectivity index (χ1v) is 16.4. The Balaban J connectivity index is 1.25. The fourth-order valence-electron chi connectivity index (χ4n) is 7.19. The third-order valence-corrected chi connectivity index (χ3v) is 9.37. The summed E-state index contributed by atoms with van der Waals surface area (Å²) in [7, 11) is 0. The van der Waals surface area contributed by atoms with E-state index in [1.54, 1.807) is 6.07 Å². The minimum absolute atomic E-state index is 0.115. The summed E-state index contributed by atoms with van der Waals surface area (Å²) < 4.78 is 52.9. The lowest BCUT2D eigenvalue weighted by Gasteiger charge is -2.40. The van der Waals surface area contributed by atoms with Crippen molar-refractivity contribution in [3.8, 4) is 18.1 Å².